The van der Waals surface area contributed by atoms with E-state index in [4.69, 9.17) is 10.5 Å². The largest absolute Gasteiger partial charge is 0.491 e. The van der Waals surface area contributed by atoms with Gasteiger partial charge in [-0.3, -0.25) is 4.79 Å². The summed E-state index contributed by atoms with van der Waals surface area (Å²) in [5.41, 5.74) is 7.78. The molecule has 1 aromatic carbocycles. The number of likely N-dealkylation sites (tertiary alicyclic amines) is 1. The maximum atomic E-state index is 12.0. The van der Waals surface area contributed by atoms with Crippen molar-refractivity contribution in [3.8, 4) is 5.75 Å². The Morgan fingerprint density at radius 2 is 2.10 bits per heavy atom. The smallest absolute Gasteiger partial charge is 0.222 e. The molecular weight excluding hydrogens is 264 g/mol. The van der Waals surface area contributed by atoms with Crippen molar-refractivity contribution in [2.75, 3.05) is 25.4 Å². The predicted octanol–water partition coefficient (Wildman–Crippen LogP) is 3.00. The van der Waals surface area contributed by atoms with Crippen molar-refractivity contribution >= 4 is 11.6 Å². The van der Waals surface area contributed by atoms with E-state index in [0.29, 0.717) is 18.7 Å². The first-order valence-electron chi connectivity index (χ1n) is 7.99. The molecule has 2 N–H and O–H groups in total. The molecular formula is C17H26N2O2. The Hall–Kier alpha value is -1.71. The highest BCUT2D eigenvalue weighted by atomic mass is 16.5. The fraction of sp³-hybridized carbons (Fsp3) is 0.588. The van der Waals surface area contributed by atoms with E-state index in [1.165, 1.54) is 0 Å². The molecule has 2 rings (SSSR count). The van der Waals surface area contributed by atoms with Crippen LogP contribution in [-0.4, -0.2) is 30.5 Å². The lowest BCUT2D eigenvalue weighted by Gasteiger charge is -2.15. The molecule has 4 heteroatoms. The highest BCUT2D eigenvalue weighted by Crippen LogP contribution is 2.23. The van der Waals surface area contributed by atoms with Gasteiger partial charge in [-0.05, 0) is 43.4 Å². The van der Waals surface area contributed by atoms with E-state index >= 15 is 0 Å². The van der Waals surface area contributed by atoms with Crippen molar-refractivity contribution in [3.63, 3.8) is 0 Å². The third kappa shape index (κ3) is 4.66. The summed E-state index contributed by atoms with van der Waals surface area (Å²) in [5, 5.41) is 0. The first-order valence-corrected chi connectivity index (χ1v) is 7.99. The fourth-order valence-corrected chi connectivity index (χ4v) is 2.59. The molecule has 0 unspecified atom stereocenters. The van der Waals surface area contributed by atoms with Gasteiger partial charge in [-0.25, -0.2) is 0 Å². The Kier molecular flexibility index (Phi) is 5.90. The van der Waals surface area contributed by atoms with Crippen molar-refractivity contribution in [3.05, 3.63) is 23.8 Å². The van der Waals surface area contributed by atoms with Crippen LogP contribution in [-0.2, 0) is 11.2 Å². The van der Waals surface area contributed by atoms with Crippen LogP contribution in [0.15, 0.2) is 18.2 Å². The maximum absolute atomic E-state index is 12.0. The van der Waals surface area contributed by atoms with Gasteiger partial charge < -0.3 is 15.4 Å². The zero-order chi connectivity index (χ0) is 15.1. The lowest BCUT2D eigenvalue weighted by atomic mass is 10.1. The van der Waals surface area contributed by atoms with Gasteiger partial charge in [0.2, 0.25) is 5.91 Å². The molecule has 0 saturated carbocycles. The Balaban J connectivity index is 1.83. The number of carbonyl (C=O) groups is 1. The van der Waals surface area contributed by atoms with Gasteiger partial charge in [0.05, 0.1) is 12.3 Å². The minimum Gasteiger partial charge on any atom is -0.491 e. The van der Waals surface area contributed by atoms with E-state index in [0.717, 1.165) is 56.5 Å². The van der Waals surface area contributed by atoms with E-state index in [9.17, 15) is 4.79 Å². The third-order valence-corrected chi connectivity index (χ3v) is 3.92. The average Bonchev–Trinajstić information content (AvgIpc) is 3.01. The second-order valence-corrected chi connectivity index (χ2v) is 5.66. The van der Waals surface area contributed by atoms with E-state index in [1.807, 2.05) is 23.1 Å². The Morgan fingerprint density at radius 1 is 1.33 bits per heavy atom. The maximum Gasteiger partial charge on any atom is 0.222 e. The minimum absolute atomic E-state index is 0.259. The van der Waals surface area contributed by atoms with E-state index in [-0.39, 0.29) is 5.91 Å². The number of nitrogen functional groups attached to an aromatic ring is 1. The van der Waals surface area contributed by atoms with Crippen LogP contribution in [0.5, 0.6) is 5.75 Å². The van der Waals surface area contributed by atoms with Crippen LogP contribution in [0.1, 0.15) is 44.6 Å². The van der Waals surface area contributed by atoms with Crippen molar-refractivity contribution in [1.82, 2.24) is 4.90 Å². The zero-order valence-electron chi connectivity index (χ0n) is 12.9. The van der Waals surface area contributed by atoms with Crippen molar-refractivity contribution in [2.24, 2.45) is 0 Å². The molecule has 1 aliphatic heterocycles. The summed E-state index contributed by atoms with van der Waals surface area (Å²) in [6, 6.07) is 5.86. The number of hydrogen-bond donors (Lipinski definition) is 1. The summed E-state index contributed by atoms with van der Waals surface area (Å²) < 4.78 is 5.64. The number of anilines is 1. The van der Waals surface area contributed by atoms with Gasteiger partial charge in [-0.1, -0.05) is 19.4 Å². The first-order chi connectivity index (χ1) is 10.2. The van der Waals surface area contributed by atoms with Crippen LogP contribution in [0.25, 0.3) is 0 Å². The number of unbranched alkanes of at least 4 members (excludes halogenated alkanes) is 1. The molecule has 0 bridgehead atoms. The fourth-order valence-electron chi connectivity index (χ4n) is 2.59. The monoisotopic (exact) mass is 290 g/mol. The summed E-state index contributed by atoms with van der Waals surface area (Å²) in [7, 11) is 0. The summed E-state index contributed by atoms with van der Waals surface area (Å²) in [5.74, 6) is 1.01. The number of nitrogens with zero attached hydrogens (tertiary/aromatic N) is 1. The second-order valence-electron chi connectivity index (χ2n) is 5.66. The molecule has 0 aromatic heterocycles. The number of carbonyl (C=O) groups excluding carboxylic acids is 1. The molecule has 0 aliphatic carbocycles. The number of ether oxygens (including phenoxy) is 1. The summed E-state index contributed by atoms with van der Waals surface area (Å²) in [6.07, 6.45) is 5.73. The van der Waals surface area contributed by atoms with Crippen molar-refractivity contribution in [1.29, 1.82) is 0 Å². The SMILES string of the molecule is CCCCOc1ccc(CCC(=O)N2CCCC2)cc1N. The predicted molar refractivity (Wildman–Crippen MR) is 85.4 cm³/mol. The van der Waals surface area contributed by atoms with Crippen LogP contribution in [0, 0.1) is 0 Å². The van der Waals surface area contributed by atoms with Gasteiger partial charge in [0, 0.05) is 19.5 Å². The second kappa shape index (κ2) is 7.91. The number of benzene rings is 1. The summed E-state index contributed by atoms with van der Waals surface area (Å²) in [6.45, 7) is 4.68. The molecule has 0 atom stereocenters. The van der Waals surface area contributed by atoms with Crippen LogP contribution in [0.3, 0.4) is 0 Å². The molecule has 1 amide bonds. The van der Waals surface area contributed by atoms with Gasteiger partial charge in [0.1, 0.15) is 5.75 Å². The zero-order valence-corrected chi connectivity index (χ0v) is 12.9. The number of nitrogens with two attached hydrogens (primary N) is 1. The van der Waals surface area contributed by atoms with Gasteiger partial charge >= 0.3 is 0 Å². The molecule has 0 radical (unpaired) electrons. The normalized spacial score (nSPS) is 14.4. The molecule has 1 saturated heterocycles. The molecule has 1 heterocycles. The Morgan fingerprint density at radius 3 is 2.76 bits per heavy atom. The van der Waals surface area contributed by atoms with Gasteiger partial charge in [-0.15, -0.1) is 0 Å². The molecule has 0 spiro atoms. The summed E-state index contributed by atoms with van der Waals surface area (Å²) in [4.78, 5) is 14.0. The van der Waals surface area contributed by atoms with Crippen LogP contribution >= 0.6 is 0 Å². The van der Waals surface area contributed by atoms with Crippen LogP contribution < -0.4 is 10.5 Å². The van der Waals surface area contributed by atoms with E-state index in [2.05, 4.69) is 6.92 Å². The van der Waals surface area contributed by atoms with E-state index in [1.54, 1.807) is 0 Å². The van der Waals surface area contributed by atoms with Crippen molar-refractivity contribution in [2.45, 2.75) is 45.4 Å². The summed E-state index contributed by atoms with van der Waals surface area (Å²) >= 11 is 0. The number of aryl methyl sites for hydroxylation is 1. The molecule has 21 heavy (non-hydrogen) atoms. The lowest BCUT2D eigenvalue weighted by Crippen LogP contribution is -2.27. The molecule has 1 aliphatic rings. The first kappa shape index (κ1) is 15.7. The molecule has 1 fully saturated rings. The topological polar surface area (TPSA) is 55.6 Å². The van der Waals surface area contributed by atoms with E-state index < -0.39 is 0 Å². The number of hydrogen-bond acceptors (Lipinski definition) is 3. The highest BCUT2D eigenvalue weighted by molar-refractivity contribution is 5.76. The Labute approximate surface area is 127 Å². The minimum atomic E-state index is 0.259. The Bertz CT molecular complexity index is 468. The van der Waals surface area contributed by atoms with Crippen LogP contribution in [0.2, 0.25) is 0 Å². The van der Waals surface area contributed by atoms with Crippen molar-refractivity contribution < 1.29 is 9.53 Å². The standard InChI is InChI=1S/C17H26N2O2/c1-2-3-12-21-16-8-6-14(13-15(16)18)7-9-17(20)19-10-4-5-11-19/h6,8,13H,2-5,7,9-12,18H2,1H3. The average molecular weight is 290 g/mol. The highest BCUT2D eigenvalue weighted by Gasteiger charge is 2.17. The molecule has 1 aromatic rings. The lowest BCUT2D eigenvalue weighted by molar-refractivity contribution is -0.130. The molecule has 116 valence electrons. The van der Waals surface area contributed by atoms with Gasteiger partial charge in [-0.2, -0.15) is 0 Å². The number of rotatable bonds is 7. The van der Waals surface area contributed by atoms with Gasteiger partial charge in [0.15, 0.2) is 0 Å². The van der Waals surface area contributed by atoms with Gasteiger partial charge in [0.25, 0.3) is 0 Å². The molecule has 4 nitrogen and oxygen atoms in total. The quantitative estimate of drug-likeness (QED) is 0.620. The van der Waals surface area contributed by atoms with Crippen LogP contribution in [0.4, 0.5) is 5.69 Å². The third-order valence-electron chi connectivity index (χ3n) is 3.92. The number of amides is 1.